The zero-order chi connectivity index (χ0) is 15.2. The van der Waals surface area contributed by atoms with E-state index in [-0.39, 0.29) is 6.54 Å². The molecule has 4 nitrogen and oxygen atoms in total. The van der Waals surface area contributed by atoms with Crippen LogP contribution in [0.4, 0.5) is 0 Å². The molecule has 110 valence electrons. The Balaban J connectivity index is 3.29. The molecule has 0 fully saturated rings. The van der Waals surface area contributed by atoms with Crippen LogP contribution in [0.2, 0.25) is 0 Å². The van der Waals surface area contributed by atoms with Crippen LogP contribution in [0.3, 0.4) is 0 Å². The summed E-state index contributed by atoms with van der Waals surface area (Å²) in [7, 11) is -3.46. The normalized spacial score (nSPS) is 11.2. The van der Waals surface area contributed by atoms with Gasteiger partial charge in [-0.25, -0.2) is 8.42 Å². The molecule has 1 aromatic rings. The maximum absolute atomic E-state index is 12.7. The fraction of sp³-hybridized carbons (Fsp3) is 0.467. The van der Waals surface area contributed by atoms with Gasteiger partial charge in [-0.05, 0) is 31.0 Å². The third-order valence-electron chi connectivity index (χ3n) is 2.97. The number of sulfonamides is 1. The standard InChI is InChI=1S/C15H22N2O2S/c1-4-11-17(5-2)20(18,19)15-12-14(7-6-10-16)9-8-13(15)3/h8-9,12H,4-5,10-11,16H2,1-3H3. The lowest BCUT2D eigenvalue weighted by atomic mass is 10.1. The summed E-state index contributed by atoms with van der Waals surface area (Å²) in [6.07, 6.45) is 0.790. The van der Waals surface area contributed by atoms with Gasteiger partial charge >= 0.3 is 0 Å². The highest BCUT2D eigenvalue weighted by Gasteiger charge is 2.24. The second-order valence-corrected chi connectivity index (χ2v) is 6.39. The van der Waals surface area contributed by atoms with E-state index in [1.54, 1.807) is 19.1 Å². The van der Waals surface area contributed by atoms with E-state index < -0.39 is 10.0 Å². The summed E-state index contributed by atoms with van der Waals surface area (Å²) in [5, 5.41) is 0. The van der Waals surface area contributed by atoms with Crippen molar-refractivity contribution < 1.29 is 8.42 Å². The average molecular weight is 294 g/mol. The van der Waals surface area contributed by atoms with Gasteiger partial charge in [0.2, 0.25) is 10.0 Å². The topological polar surface area (TPSA) is 63.4 Å². The molecule has 0 atom stereocenters. The Morgan fingerprint density at radius 3 is 2.55 bits per heavy atom. The van der Waals surface area contributed by atoms with Gasteiger partial charge < -0.3 is 5.73 Å². The van der Waals surface area contributed by atoms with Gasteiger partial charge in [-0.3, -0.25) is 0 Å². The van der Waals surface area contributed by atoms with E-state index in [0.717, 1.165) is 12.0 Å². The second-order valence-electron chi connectivity index (χ2n) is 4.48. The highest BCUT2D eigenvalue weighted by Crippen LogP contribution is 2.21. The van der Waals surface area contributed by atoms with E-state index in [0.29, 0.717) is 23.5 Å². The van der Waals surface area contributed by atoms with E-state index in [2.05, 4.69) is 11.8 Å². The first-order chi connectivity index (χ1) is 9.47. The Bertz CT molecular complexity index is 612. The van der Waals surface area contributed by atoms with Gasteiger partial charge in [0.15, 0.2) is 0 Å². The summed E-state index contributed by atoms with van der Waals surface area (Å²) < 4.78 is 26.8. The maximum atomic E-state index is 12.7. The van der Waals surface area contributed by atoms with Crippen LogP contribution in [-0.4, -0.2) is 32.4 Å². The molecule has 0 spiro atoms. The van der Waals surface area contributed by atoms with E-state index in [9.17, 15) is 8.42 Å². The van der Waals surface area contributed by atoms with Gasteiger partial charge in [0.05, 0.1) is 11.4 Å². The van der Waals surface area contributed by atoms with Crippen LogP contribution in [0.1, 0.15) is 31.4 Å². The lowest BCUT2D eigenvalue weighted by molar-refractivity contribution is 0.427. The first-order valence-corrected chi connectivity index (χ1v) is 8.21. The lowest BCUT2D eigenvalue weighted by Crippen LogP contribution is -2.32. The molecule has 20 heavy (non-hydrogen) atoms. The van der Waals surface area contributed by atoms with Crippen molar-refractivity contribution >= 4 is 10.0 Å². The largest absolute Gasteiger partial charge is 0.320 e. The highest BCUT2D eigenvalue weighted by molar-refractivity contribution is 7.89. The molecule has 1 rings (SSSR count). The number of nitrogens with two attached hydrogens (primary N) is 1. The van der Waals surface area contributed by atoms with Crippen molar-refractivity contribution in [3.8, 4) is 11.8 Å². The summed E-state index contributed by atoms with van der Waals surface area (Å²) in [4.78, 5) is 0.330. The van der Waals surface area contributed by atoms with Crippen LogP contribution in [-0.2, 0) is 10.0 Å². The van der Waals surface area contributed by atoms with Crippen molar-refractivity contribution in [2.75, 3.05) is 19.6 Å². The Hall–Kier alpha value is -1.35. The summed E-state index contributed by atoms with van der Waals surface area (Å²) in [6.45, 7) is 6.86. The average Bonchev–Trinajstić information content (AvgIpc) is 2.43. The fourth-order valence-electron chi connectivity index (χ4n) is 1.95. The molecule has 0 aliphatic heterocycles. The molecule has 0 heterocycles. The van der Waals surface area contributed by atoms with Crippen LogP contribution in [0.5, 0.6) is 0 Å². The molecular formula is C15H22N2O2S. The minimum absolute atomic E-state index is 0.257. The van der Waals surface area contributed by atoms with Crippen LogP contribution < -0.4 is 5.73 Å². The van der Waals surface area contributed by atoms with Crippen molar-refractivity contribution in [2.24, 2.45) is 5.73 Å². The van der Waals surface area contributed by atoms with Gasteiger partial charge in [0.25, 0.3) is 0 Å². The minimum atomic E-state index is -3.46. The number of aryl methyl sites for hydroxylation is 1. The SMILES string of the molecule is CCCN(CC)S(=O)(=O)c1cc(C#CCN)ccc1C. The summed E-state index contributed by atoms with van der Waals surface area (Å²) in [5.74, 6) is 5.62. The predicted octanol–water partition coefficient (Wildman–Crippen LogP) is 1.73. The number of hydrogen-bond acceptors (Lipinski definition) is 3. The molecule has 0 saturated carbocycles. The Labute approximate surface area is 122 Å². The summed E-state index contributed by atoms with van der Waals surface area (Å²) in [5.41, 5.74) is 6.75. The van der Waals surface area contributed by atoms with Gasteiger partial charge in [-0.1, -0.05) is 31.8 Å². The molecule has 0 aliphatic rings. The minimum Gasteiger partial charge on any atom is -0.320 e. The molecule has 0 bridgehead atoms. The molecule has 0 saturated heterocycles. The monoisotopic (exact) mass is 294 g/mol. The highest BCUT2D eigenvalue weighted by atomic mass is 32.2. The molecule has 0 radical (unpaired) electrons. The molecule has 2 N–H and O–H groups in total. The first-order valence-electron chi connectivity index (χ1n) is 6.77. The fourth-order valence-corrected chi connectivity index (χ4v) is 3.74. The molecule has 0 aromatic heterocycles. The predicted molar refractivity (Wildman–Crippen MR) is 81.8 cm³/mol. The number of hydrogen-bond donors (Lipinski definition) is 1. The van der Waals surface area contributed by atoms with Crippen LogP contribution in [0, 0.1) is 18.8 Å². The van der Waals surface area contributed by atoms with Crippen molar-refractivity contribution in [3.05, 3.63) is 29.3 Å². The van der Waals surface area contributed by atoms with Crippen molar-refractivity contribution in [1.29, 1.82) is 0 Å². The molecule has 0 amide bonds. The van der Waals surface area contributed by atoms with Crippen LogP contribution >= 0.6 is 0 Å². The molecule has 1 aromatic carbocycles. The van der Waals surface area contributed by atoms with Crippen LogP contribution in [0.25, 0.3) is 0 Å². The third kappa shape index (κ3) is 3.83. The van der Waals surface area contributed by atoms with Crippen molar-refractivity contribution in [2.45, 2.75) is 32.1 Å². The quantitative estimate of drug-likeness (QED) is 0.841. The molecular weight excluding hydrogens is 272 g/mol. The molecule has 5 heteroatoms. The first kappa shape index (κ1) is 16.7. The lowest BCUT2D eigenvalue weighted by Gasteiger charge is -2.21. The number of benzene rings is 1. The van der Waals surface area contributed by atoms with E-state index >= 15 is 0 Å². The third-order valence-corrected chi connectivity index (χ3v) is 5.08. The zero-order valence-corrected chi connectivity index (χ0v) is 13.1. The van der Waals surface area contributed by atoms with E-state index in [4.69, 9.17) is 5.73 Å². The van der Waals surface area contributed by atoms with Gasteiger partial charge in [0.1, 0.15) is 0 Å². The number of nitrogens with zero attached hydrogens (tertiary/aromatic N) is 1. The van der Waals surface area contributed by atoms with Gasteiger partial charge in [0, 0.05) is 18.7 Å². The molecule has 0 aliphatic carbocycles. The van der Waals surface area contributed by atoms with Gasteiger partial charge in [-0.15, -0.1) is 0 Å². The van der Waals surface area contributed by atoms with Crippen LogP contribution in [0.15, 0.2) is 23.1 Å². The van der Waals surface area contributed by atoms with E-state index in [1.807, 2.05) is 19.9 Å². The second kappa shape index (κ2) is 7.44. The van der Waals surface area contributed by atoms with E-state index in [1.165, 1.54) is 4.31 Å². The maximum Gasteiger partial charge on any atom is 0.243 e. The smallest absolute Gasteiger partial charge is 0.243 e. The Morgan fingerprint density at radius 2 is 2.00 bits per heavy atom. The summed E-state index contributed by atoms with van der Waals surface area (Å²) in [6, 6.07) is 5.23. The zero-order valence-electron chi connectivity index (χ0n) is 12.3. The number of rotatable bonds is 5. The van der Waals surface area contributed by atoms with Crippen molar-refractivity contribution in [3.63, 3.8) is 0 Å². The molecule has 0 unspecified atom stereocenters. The Morgan fingerprint density at radius 1 is 1.30 bits per heavy atom. The summed E-state index contributed by atoms with van der Waals surface area (Å²) >= 11 is 0. The van der Waals surface area contributed by atoms with Gasteiger partial charge in [-0.2, -0.15) is 4.31 Å². The Kier molecular flexibility index (Phi) is 6.21. The van der Waals surface area contributed by atoms with Crippen molar-refractivity contribution in [1.82, 2.24) is 4.31 Å².